The number of benzene rings is 3. The zero-order valence-corrected chi connectivity index (χ0v) is 19.2. The summed E-state index contributed by atoms with van der Waals surface area (Å²) in [5, 5.41) is 2.87. The van der Waals surface area contributed by atoms with E-state index in [9.17, 15) is 13.2 Å². The van der Waals surface area contributed by atoms with E-state index in [0.29, 0.717) is 17.8 Å². The second kappa shape index (κ2) is 10.9. The molecule has 0 atom stereocenters. The minimum Gasteiger partial charge on any atom is -0.352 e. The number of hydrogen-bond donors (Lipinski definition) is 2. The Kier molecular flexibility index (Phi) is 8.03. The number of rotatable bonds is 10. The summed E-state index contributed by atoms with van der Waals surface area (Å²) in [5.41, 5.74) is 3.00. The van der Waals surface area contributed by atoms with Gasteiger partial charge in [0, 0.05) is 24.3 Å². The number of sulfonamides is 1. The predicted octanol–water partition coefficient (Wildman–Crippen LogP) is 4.05. The number of aryl methyl sites for hydroxylation is 1. The summed E-state index contributed by atoms with van der Waals surface area (Å²) in [6, 6.07) is 23.4. The molecule has 3 aromatic rings. The standard InChI is InChI=1S/C25H29N3O3S/c1-20-9-6-13-23(17-20)27-32(30,31)24-14-7-12-22(18-24)25(29)26-15-8-16-28(2)19-21-10-4-3-5-11-21/h3-7,9-14,17-18,27H,8,15-16,19H2,1-2H3,(H,26,29). The summed E-state index contributed by atoms with van der Waals surface area (Å²) in [6.45, 7) is 4.09. The van der Waals surface area contributed by atoms with Gasteiger partial charge in [0.15, 0.2) is 0 Å². The highest BCUT2D eigenvalue weighted by Crippen LogP contribution is 2.18. The van der Waals surface area contributed by atoms with Crippen LogP contribution in [0.2, 0.25) is 0 Å². The lowest BCUT2D eigenvalue weighted by Crippen LogP contribution is -2.28. The maximum absolute atomic E-state index is 12.7. The van der Waals surface area contributed by atoms with Gasteiger partial charge in [0.05, 0.1) is 4.90 Å². The maximum atomic E-state index is 12.7. The zero-order valence-electron chi connectivity index (χ0n) is 18.4. The Labute approximate surface area is 190 Å². The quantitative estimate of drug-likeness (QED) is 0.456. The lowest BCUT2D eigenvalue weighted by molar-refractivity contribution is 0.0951. The van der Waals surface area contributed by atoms with Crippen LogP contribution in [0.25, 0.3) is 0 Å². The van der Waals surface area contributed by atoms with Crippen LogP contribution >= 0.6 is 0 Å². The molecule has 0 radical (unpaired) electrons. The number of hydrogen-bond acceptors (Lipinski definition) is 4. The fourth-order valence-electron chi connectivity index (χ4n) is 3.35. The molecule has 0 unspecified atom stereocenters. The third kappa shape index (κ3) is 6.93. The van der Waals surface area contributed by atoms with Crippen molar-refractivity contribution >= 4 is 21.6 Å². The van der Waals surface area contributed by atoms with Crippen LogP contribution in [0.1, 0.15) is 27.9 Å². The van der Waals surface area contributed by atoms with Gasteiger partial charge in [-0.05, 0) is 68.4 Å². The fraction of sp³-hybridized carbons (Fsp3) is 0.240. The fourth-order valence-corrected chi connectivity index (χ4v) is 4.45. The van der Waals surface area contributed by atoms with E-state index in [2.05, 4.69) is 27.1 Å². The minimum absolute atomic E-state index is 0.0502. The van der Waals surface area contributed by atoms with Crippen LogP contribution in [0.15, 0.2) is 83.8 Å². The van der Waals surface area contributed by atoms with E-state index in [1.54, 1.807) is 30.3 Å². The van der Waals surface area contributed by atoms with Gasteiger partial charge in [-0.3, -0.25) is 9.52 Å². The molecule has 0 spiro atoms. The Morgan fingerprint density at radius 3 is 2.44 bits per heavy atom. The lowest BCUT2D eigenvalue weighted by atomic mass is 10.2. The molecule has 6 nitrogen and oxygen atoms in total. The first kappa shape index (κ1) is 23.5. The number of amides is 1. The van der Waals surface area contributed by atoms with Gasteiger partial charge >= 0.3 is 0 Å². The molecule has 3 aromatic carbocycles. The predicted molar refractivity (Wildman–Crippen MR) is 128 cm³/mol. The summed E-state index contributed by atoms with van der Waals surface area (Å²) >= 11 is 0. The SMILES string of the molecule is Cc1cccc(NS(=O)(=O)c2cccc(C(=O)NCCCN(C)Cc3ccccc3)c2)c1. The van der Waals surface area contributed by atoms with E-state index < -0.39 is 10.0 Å². The van der Waals surface area contributed by atoms with Crippen LogP contribution < -0.4 is 10.0 Å². The molecule has 7 heteroatoms. The number of anilines is 1. The van der Waals surface area contributed by atoms with Gasteiger partial charge in [-0.2, -0.15) is 0 Å². The molecule has 0 aliphatic carbocycles. The number of nitrogens with one attached hydrogen (secondary N) is 2. The highest BCUT2D eigenvalue weighted by molar-refractivity contribution is 7.92. The van der Waals surface area contributed by atoms with Crippen LogP contribution in [0.4, 0.5) is 5.69 Å². The van der Waals surface area contributed by atoms with Crippen molar-refractivity contribution in [2.24, 2.45) is 0 Å². The second-order valence-corrected chi connectivity index (χ2v) is 9.52. The van der Waals surface area contributed by atoms with Gasteiger partial charge in [0.25, 0.3) is 15.9 Å². The van der Waals surface area contributed by atoms with Crippen LogP contribution in [-0.2, 0) is 16.6 Å². The van der Waals surface area contributed by atoms with Crippen LogP contribution in [0, 0.1) is 6.92 Å². The molecule has 2 N–H and O–H groups in total. The van der Waals surface area contributed by atoms with E-state index >= 15 is 0 Å². The largest absolute Gasteiger partial charge is 0.352 e. The van der Waals surface area contributed by atoms with E-state index in [1.807, 2.05) is 38.2 Å². The highest BCUT2D eigenvalue weighted by Gasteiger charge is 2.16. The molecule has 32 heavy (non-hydrogen) atoms. The average molecular weight is 452 g/mol. The molecular weight excluding hydrogens is 422 g/mol. The van der Waals surface area contributed by atoms with Crippen molar-refractivity contribution in [2.75, 3.05) is 24.9 Å². The van der Waals surface area contributed by atoms with Gasteiger partial charge in [-0.25, -0.2) is 8.42 Å². The summed E-state index contributed by atoms with van der Waals surface area (Å²) in [5.74, 6) is -0.289. The molecule has 0 aliphatic rings. The van der Waals surface area contributed by atoms with Crippen LogP contribution in [0.3, 0.4) is 0 Å². The summed E-state index contributed by atoms with van der Waals surface area (Å²) in [4.78, 5) is 14.8. The Morgan fingerprint density at radius 1 is 0.938 bits per heavy atom. The van der Waals surface area contributed by atoms with Crippen molar-refractivity contribution < 1.29 is 13.2 Å². The average Bonchev–Trinajstić information content (AvgIpc) is 2.77. The maximum Gasteiger partial charge on any atom is 0.261 e. The molecule has 1 amide bonds. The third-order valence-corrected chi connectivity index (χ3v) is 6.35. The zero-order chi connectivity index (χ0) is 23.0. The van der Waals surface area contributed by atoms with Gasteiger partial charge in [0.2, 0.25) is 0 Å². The van der Waals surface area contributed by atoms with Crippen molar-refractivity contribution in [3.63, 3.8) is 0 Å². The van der Waals surface area contributed by atoms with E-state index in [4.69, 9.17) is 0 Å². The normalized spacial score (nSPS) is 11.3. The van der Waals surface area contributed by atoms with E-state index in [-0.39, 0.29) is 10.8 Å². The molecule has 0 bridgehead atoms. The Morgan fingerprint density at radius 2 is 1.69 bits per heavy atom. The molecular formula is C25H29N3O3S. The van der Waals surface area contributed by atoms with Crippen molar-refractivity contribution in [2.45, 2.75) is 24.8 Å². The third-order valence-electron chi connectivity index (χ3n) is 4.97. The first-order valence-electron chi connectivity index (χ1n) is 10.5. The molecule has 0 aromatic heterocycles. The molecule has 0 saturated heterocycles. The Balaban J connectivity index is 1.52. The topological polar surface area (TPSA) is 78.5 Å². The van der Waals surface area contributed by atoms with Gasteiger partial charge < -0.3 is 10.2 Å². The number of nitrogens with zero attached hydrogens (tertiary/aromatic N) is 1. The first-order valence-corrected chi connectivity index (χ1v) is 12.0. The minimum atomic E-state index is -3.79. The Bertz CT molecular complexity index is 1150. The monoisotopic (exact) mass is 451 g/mol. The number of carbonyl (C=O) groups excluding carboxylic acids is 1. The highest BCUT2D eigenvalue weighted by atomic mass is 32.2. The summed E-state index contributed by atoms with van der Waals surface area (Å²) < 4.78 is 28.0. The molecule has 0 aliphatic heterocycles. The lowest BCUT2D eigenvalue weighted by Gasteiger charge is -2.16. The Hall–Kier alpha value is -3.16. The second-order valence-electron chi connectivity index (χ2n) is 7.84. The van der Waals surface area contributed by atoms with Crippen molar-refractivity contribution in [3.05, 3.63) is 95.6 Å². The smallest absolute Gasteiger partial charge is 0.261 e. The van der Waals surface area contributed by atoms with Gasteiger partial charge in [-0.1, -0.05) is 48.5 Å². The first-order chi connectivity index (χ1) is 15.3. The van der Waals surface area contributed by atoms with Crippen molar-refractivity contribution in [3.8, 4) is 0 Å². The molecule has 0 heterocycles. The van der Waals surface area contributed by atoms with Crippen LogP contribution in [0.5, 0.6) is 0 Å². The number of carbonyl (C=O) groups is 1. The van der Waals surface area contributed by atoms with Gasteiger partial charge in [-0.15, -0.1) is 0 Å². The molecule has 3 rings (SSSR count). The molecule has 0 fully saturated rings. The molecule has 168 valence electrons. The van der Waals surface area contributed by atoms with Gasteiger partial charge in [0.1, 0.15) is 0 Å². The van der Waals surface area contributed by atoms with E-state index in [0.717, 1.165) is 25.1 Å². The van der Waals surface area contributed by atoms with E-state index in [1.165, 1.54) is 17.7 Å². The van der Waals surface area contributed by atoms with Crippen LogP contribution in [-0.4, -0.2) is 39.4 Å². The van der Waals surface area contributed by atoms with Crippen molar-refractivity contribution in [1.82, 2.24) is 10.2 Å². The summed E-state index contributed by atoms with van der Waals surface area (Å²) in [7, 11) is -1.74. The molecule has 0 saturated carbocycles. The van der Waals surface area contributed by atoms with Crippen molar-refractivity contribution in [1.29, 1.82) is 0 Å². The summed E-state index contributed by atoms with van der Waals surface area (Å²) in [6.07, 6.45) is 0.794.